The predicted octanol–water partition coefficient (Wildman–Crippen LogP) is 3.74. The van der Waals surface area contributed by atoms with Gasteiger partial charge in [0.2, 0.25) is 5.91 Å². The maximum absolute atomic E-state index is 13.3. The summed E-state index contributed by atoms with van der Waals surface area (Å²) in [7, 11) is 1.59. The smallest absolute Gasteiger partial charge is 0.355 e. The molecule has 2 heterocycles. The third-order valence-corrected chi connectivity index (χ3v) is 8.22. The molecule has 7 nitrogen and oxygen atoms in total. The molecule has 0 unspecified atom stereocenters. The topological polar surface area (TPSA) is 84.9 Å². The Morgan fingerprint density at radius 2 is 1.78 bits per heavy atom. The number of allylic oxidation sites excluding steroid dienone is 2. The van der Waals surface area contributed by atoms with Crippen molar-refractivity contribution in [2.75, 3.05) is 7.11 Å². The van der Waals surface area contributed by atoms with Crippen molar-refractivity contribution in [1.82, 2.24) is 10.2 Å². The van der Waals surface area contributed by atoms with Gasteiger partial charge in [-0.15, -0.1) is 11.8 Å². The number of thioether (sulfide) groups is 1. The maximum atomic E-state index is 13.3. The molecule has 1 aliphatic carbocycles. The average Bonchev–Trinajstić information content (AvgIpc) is 2.86. The molecule has 0 radical (unpaired) electrons. The van der Waals surface area contributed by atoms with E-state index in [4.69, 9.17) is 9.47 Å². The lowest BCUT2D eigenvalue weighted by atomic mass is 9.79. The third kappa shape index (κ3) is 4.41. The molecule has 2 aliphatic heterocycles. The minimum atomic E-state index is -0.659. The number of carbonyl (C=O) groups excluding carboxylic acids is 3. The lowest BCUT2D eigenvalue weighted by Crippen LogP contribution is -2.72. The van der Waals surface area contributed by atoms with Gasteiger partial charge in [-0.1, -0.05) is 48.0 Å². The van der Waals surface area contributed by atoms with E-state index in [-0.39, 0.29) is 35.5 Å². The lowest BCUT2D eigenvalue weighted by molar-refractivity contribution is -0.153. The van der Waals surface area contributed by atoms with Gasteiger partial charge in [-0.25, -0.2) is 4.79 Å². The molecule has 2 aromatic rings. The van der Waals surface area contributed by atoms with Crippen LogP contribution in [0.4, 0.5) is 0 Å². The van der Waals surface area contributed by atoms with Gasteiger partial charge in [0.05, 0.1) is 13.5 Å². The molecular formula is C28H28N2O5S. The Hall–Kier alpha value is -3.52. The van der Waals surface area contributed by atoms with E-state index >= 15 is 0 Å². The molecule has 1 saturated carbocycles. The van der Waals surface area contributed by atoms with Crippen molar-refractivity contribution >= 4 is 29.5 Å². The molecule has 36 heavy (non-hydrogen) atoms. The minimum absolute atomic E-state index is 0.0888. The Kier molecular flexibility index (Phi) is 6.62. The number of amides is 2. The van der Waals surface area contributed by atoms with Gasteiger partial charge >= 0.3 is 5.97 Å². The van der Waals surface area contributed by atoms with Crippen molar-refractivity contribution < 1.29 is 23.9 Å². The number of rotatable bonds is 7. The number of esters is 1. The second kappa shape index (κ2) is 9.85. The molecule has 2 amide bonds. The summed E-state index contributed by atoms with van der Waals surface area (Å²) in [4.78, 5) is 40.7. The molecule has 186 valence electrons. The van der Waals surface area contributed by atoms with Crippen LogP contribution in [0.25, 0.3) is 0 Å². The Morgan fingerprint density at radius 3 is 2.44 bits per heavy atom. The first-order chi connectivity index (χ1) is 17.4. The summed E-state index contributed by atoms with van der Waals surface area (Å²) in [6.45, 7) is 4.12. The van der Waals surface area contributed by atoms with Crippen molar-refractivity contribution in [3.05, 3.63) is 88.1 Å². The maximum Gasteiger partial charge on any atom is 0.355 e. The van der Waals surface area contributed by atoms with Crippen LogP contribution in [0.2, 0.25) is 0 Å². The molecule has 2 fully saturated rings. The van der Waals surface area contributed by atoms with Crippen LogP contribution in [0.5, 0.6) is 5.75 Å². The number of β-lactam (4-membered cyclic amide) rings is 1. The van der Waals surface area contributed by atoms with Crippen LogP contribution in [-0.4, -0.2) is 46.5 Å². The first-order valence-corrected chi connectivity index (χ1v) is 12.8. The van der Waals surface area contributed by atoms with E-state index in [0.29, 0.717) is 5.70 Å². The molecule has 1 saturated heterocycles. The summed E-state index contributed by atoms with van der Waals surface area (Å²) in [6, 6.07) is 16.0. The SMILES string of the molecule is COc1ccc(COC(=O)C2=C3C(=C(C)C)C[C@H]3S[C@@H]3[C@H](NC(=O)Cc4ccccc4)C(=O)N23)cc1. The molecule has 3 aliphatic rings. The highest BCUT2D eigenvalue weighted by Crippen LogP contribution is 2.55. The highest BCUT2D eigenvalue weighted by molar-refractivity contribution is 8.01. The summed E-state index contributed by atoms with van der Waals surface area (Å²) in [5.74, 6) is -0.288. The van der Waals surface area contributed by atoms with Crippen molar-refractivity contribution in [2.24, 2.45) is 0 Å². The van der Waals surface area contributed by atoms with Gasteiger partial charge in [0, 0.05) is 10.8 Å². The molecule has 1 N–H and O–H groups in total. The van der Waals surface area contributed by atoms with E-state index in [2.05, 4.69) is 5.32 Å². The van der Waals surface area contributed by atoms with Crippen molar-refractivity contribution in [3.63, 3.8) is 0 Å². The molecule has 0 spiro atoms. The van der Waals surface area contributed by atoms with Crippen LogP contribution in [0.15, 0.2) is 77.0 Å². The average molecular weight is 505 g/mol. The standard InChI is InChI=1S/C28H28N2O5S/c1-16(2)20-14-21-23(20)25(28(33)35-15-18-9-11-19(34-3)12-10-18)30-26(32)24(27(30)36-21)29-22(31)13-17-7-5-4-6-8-17/h4-12,21,24,27H,13-15H2,1-3H3,(H,29,31)/t21-,24-,27-/m1/s1. The quantitative estimate of drug-likeness (QED) is 0.457. The Bertz CT molecular complexity index is 1260. The van der Waals surface area contributed by atoms with Gasteiger partial charge in [0.1, 0.15) is 29.5 Å². The van der Waals surface area contributed by atoms with Crippen LogP contribution in [0, 0.1) is 0 Å². The largest absolute Gasteiger partial charge is 0.497 e. The number of hydrogen-bond acceptors (Lipinski definition) is 6. The van der Waals surface area contributed by atoms with Crippen LogP contribution in [0.3, 0.4) is 0 Å². The second-order valence-corrected chi connectivity index (χ2v) is 10.6. The number of hydrogen-bond donors (Lipinski definition) is 1. The number of nitrogens with one attached hydrogen (secondary N) is 1. The van der Waals surface area contributed by atoms with Crippen molar-refractivity contribution in [2.45, 2.75) is 50.0 Å². The fourth-order valence-corrected chi connectivity index (χ4v) is 6.43. The normalized spacial score (nSPS) is 22.1. The van der Waals surface area contributed by atoms with Gasteiger partial charge in [0.15, 0.2) is 0 Å². The summed E-state index contributed by atoms with van der Waals surface area (Å²) in [6.07, 6.45) is 1.03. The molecule has 0 aromatic heterocycles. The number of benzene rings is 2. The Balaban J connectivity index is 1.33. The summed E-state index contributed by atoms with van der Waals surface area (Å²) < 4.78 is 10.8. The van der Waals surface area contributed by atoms with E-state index in [0.717, 1.165) is 40.0 Å². The lowest BCUT2D eigenvalue weighted by Gasteiger charge is -2.55. The van der Waals surface area contributed by atoms with E-state index in [9.17, 15) is 14.4 Å². The molecule has 2 aromatic carbocycles. The zero-order chi connectivity index (χ0) is 25.4. The Morgan fingerprint density at radius 1 is 1.06 bits per heavy atom. The monoisotopic (exact) mass is 504 g/mol. The van der Waals surface area contributed by atoms with Gasteiger partial charge in [-0.2, -0.15) is 0 Å². The van der Waals surface area contributed by atoms with E-state index in [1.165, 1.54) is 4.90 Å². The van der Waals surface area contributed by atoms with Crippen LogP contribution in [0.1, 0.15) is 31.4 Å². The first-order valence-electron chi connectivity index (χ1n) is 11.9. The highest BCUT2D eigenvalue weighted by Gasteiger charge is 2.58. The molecule has 5 rings (SSSR count). The zero-order valence-corrected chi connectivity index (χ0v) is 21.3. The third-order valence-electron chi connectivity index (χ3n) is 6.73. The minimum Gasteiger partial charge on any atom is -0.497 e. The van der Waals surface area contributed by atoms with Crippen molar-refractivity contribution in [1.29, 1.82) is 0 Å². The van der Waals surface area contributed by atoms with Crippen molar-refractivity contribution in [3.8, 4) is 5.75 Å². The predicted molar refractivity (Wildman–Crippen MR) is 137 cm³/mol. The van der Waals surface area contributed by atoms with E-state index < -0.39 is 12.0 Å². The first kappa shape index (κ1) is 24.2. The van der Waals surface area contributed by atoms with Crippen LogP contribution >= 0.6 is 11.8 Å². The number of methoxy groups -OCH3 is 1. The van der Waals surface area contributed by atoms with Gasteiger partial charge in [-0.05, 0) is 49.1 Å². The zero-order valence-electron chi connectivity index (χ0n) is 20.4. The number of carbonyl (C=O) groups is 3. The fourth-order valence-electron chi connectivity index (χ4n) is 4.77. The number of ether oxygens (including phenoxy) is 2. The molecular weight excluding hydrogens is 476 g/mol. The van der Waals surface area contributed by atoms with Gasteiger partial charge < -0.3 is 14.8 Å². The van der Waals surface area contributed by atoms with Gasteiger partial charge in [0.25, 0.3) is 5.91 Å². The fraction of sp³-hybridized carbons (Fsp3) is 0.321. The summed E-state index contributed by atoms with van der Waals surface area (Å²) in [5.41, 5.74) is 5.14. The van der Waals surface area contributed by atoms with E-state index in [1.807, 2.05) is 68.4 Å². The Labute approximate surface area is 214 Å². The summed E-state index contributed by atoms with van der Waals surface area (Å²) >= 11 is 1.63. The van der Waals surface area contributed by atoms with E-state index in [1.54, 1.807) is 18.9 Å². The van der Waals surface area contributed by atoms with Gasteiger partial charge in [-0.3, -0.25) is 14.5 Å². The molecule has 0 bridgehead atoms. The summed E-state index contributed by atoms with van der Waals surface area (Å²) in [5, 5.41) is 2.66. The number of nitrogens with zero attached hydrogens (tertiary/aromatic N) is 1. The highest BCUT2D eigenvalue weighted by atomic mass is 32.2. The number of fused-ring (bicyclic) bond motifs is 2. The van der Waals surface area contributed by atoms with Crippen LogP contribution in [-0.2, 0) is 32.1 Å². The second-order valence-electron chi connectivity index (χ2n) is 9.30. The molecule has 3 atom stereocenters. The molecule has 8 heteroatoms. The van der Waals surface area contributed by atoms with Crippen LogP contribution < -0.4 is 10.1 Å².